The molecule has 2 N–H and O–H groups in total. The van der Waals surface area contributed by atoms with Crippen LogP contribution in [0.4, 0.5) is 11.4 Å². The quantitative estimate of drug-likeness (QED) is 0.0929. The molecular weight excluding hydrogens is 807 g/mol. The maximum absolute atomic E-state index is 6.07. The average molecular weight is 870 g/mol. The molecule has 0 saturated carbocycles. The summed E-state index contributed by atoms with van der Waals surface area (Å²) in [5, 5.41) is 10.6. The van der Waals surface area contributed by atoms with Gasteiger partial charge in [0.15, 0.2) is 0 Å². The van der Waals surface area contributed by atoms with Gasteiger partial charge in [-0.3, -0.25) is 9.97 Å². The number of hydrogen-bond donors (Lipinski definition) is 2. The predicted octanol–water partition coefficient (Wildman–Crippen LogP) is 8.89. The maximum Gasteiger partial charge on any atom is 0.204 e. The minimum Gasteiger partial charge on any atom is -0.384 e. The Bertz CT molecular complexity index is 1830. The van der Waals surface area contributed by atoms with Crippen molar-refractivity contribution in [2.24, 2.45) is 0 Å². The van der Waals surface area contributed by atoms with Crippen LogP contribution in [-0.2, 0) is 33.8 Å². The molecule has 2 spiro atoms. The number of unbranched alkanes of at least 4 members (excludes halogenated alkanes) is 2. The summed E-state index contributed by atoms with van der Waals surface area (Å²) in [6.07, 6.45) is 10.5. The number of likely N-dealkylation sites (tertiary alicyclic amines) is 2. The van der Waals surface area contributed by atoms with E-state index in [0.29, 0.717) is 36.5 Å². The molecule has 4 aliphatic heterocycles. The van der Waals surface area contributed by atoms with E-state index in [4.69, 9.17) is 57.0 Å². The zero-order valence-corrected chi connectivity index (χ0v) is 37.1. The van der Waals surface area contributed by atoms with Crippen molar-refractivity contribution in [3.8, 4) is 0 Å². The van der Waals surface area contributed by atoms with Gasteiger partial charge in [0.2, 0.25) is 11.6 Å². The summed E-state index contributed by atoms with van der Waals surface area (Å²) >= 11 is 12.1. The van der Waals surface area contributed by atoms with Crippen LogP contribution in [0.3, 0.4) is 0 Å². The van der Waals surface area contributed by atoms with Gasteiger partial charge in [-0.2, -0.15) is 0 Å². The minimum absolute atomic E-state index is 0.355. The lowest BCUT2D eigenvalue weighted by molar-refractivity contribution is -0.511. The molecule has 2 aromatic heterocycles. The number of rotatable bonds is 14. The second-order valence-corrected chi connectivity index (χ2v) is 18.4. The highest BCUT2D eigenvalue weighted by molar-refractivity contribution is 6.31. The van der Waals surface area contributed by atoms with Gasteiger partial charge in [0.05, 0.1) is 37.5 Å². The molecular formula is C45H62Cl2N6O7. The fourth-order valence-corrected chi connectivity index (χ4v) is 8.07. The molecule has 15 heteroatoms. The number of benzene rings is 2. The first-order valence-corrected chi connectivity index (χ1v) is 22.3. The van der Waals surface area contributed by atoms with Crippen LogP contribution in [0.15, 0.2) is 60.9 Å². The number of nitrogens with zero attached hydrogens (tertiary/aromatic N) is 4. The van der Waals surface area contributed by atoms with Crippen molar-refractivity contribution in [1.82, 2.24) is 19.8 Å². The Kier molecular flexibility index (Phi) is 15.4. The smallest absolute Gasteiger partial charge is 0.204 e. The first-order chi connectivity index (χ1) is 28.9. The molecule has 4 fully saturated rings. The number of anilines is 2. The molecule has 60 heavy (non-hydrogen) atoms. The predicted molar refractivity (Wildman–Crippen MR) is 236 cm³/mol. The SMILES string of the molecule is CC1(C)COC2(CCN(CCCCCNc3ccnc4cc(Cl)ccc34)CC2)OO1.CC1(C)COC2(CCN(CCOCCNc3ccnc4cc(Cl)ccc34)CC2)OO1. The third-order valence-corrected chi connectivity index (χ3v) is 11.9. The van der Waals surface area contributed by atoms with Gasteiger partial charge >= 0.3 is 0 Å². The molecule has 328 valence electrons. The summed E-state index contributed by atoms with van der Waals surface area (Å²) in [6, 6.07) is 15.6. The van der Waals surface area contributed by atoms with E-state index < -0.39 is 11.6 Å². The van der Waals surface area contributed by atoms with Crippen molar-refractivity contribution in [1.29, 1.82) is 0 Å². The number of aromatic nitrogens is 2. The molecule has 0 amide bonds. The van der Waals surface area contributed by atoms with E-state index in [9.17, 15) is 0 Å². The van der Waals surface area contributed by atoms with Crippen LogP contribution in [0.2, 0.25) is 10.0 Å². The number of fused-ring (bicyclic) bond motifs is 2. The van der Waals surface area contributed by atoms with E-state index in [1.165, 1.54) is 12.8 Å². The molecule has 8 rings (SSSR count). The molecule has 0 atom stereocenters. The molecule has 0 aliphatic carbocycles. The number of nitrogens with one attached hydrogen (secondary N) is 2. The summed E-state index contributed by atoms with van der Waals surface area (Å²) in [5.74, 6) is -1.11. The largest absolute Gasteiger partial charge is 0.384 e. The van der Waals surface area contributed by atoms with E-state index in [1.54, 1.807) is 6.20 Å². The lowest BCUT2D eigenvalue weighted by atomic mass is 10.0. The summed E-state index contributed by atoms with van der Waals surface area (Å²) in [7, 11) is 0. The Morgan fingerprint density at radius 2 is 1.10 bits per heavy atom. The zero-order chi connectivity index (χ0) is 42.1. The molecule has 0 bridgehead atoms. The normalized spacial score (nSPS) is 21.2. The summed E-state index contributed by atoms with van der Waals surface area (Å²) in [6.45, 7) is 17.9. The lowest BCUT2D eigenvalue weighted by Crippen LogP contribution is -2.54. The third kappa shape index (κ3) is 12.6. The lowest BCUT2D eigenvalue weighted by Gasteiger charge is -2.45. The Hall–Kier alpha value is -2.92. The summed E-state index contributed by atoms with van der Waals surface area (Å²) in [4.78, 5) is 35.9. The van der Waals surface area contributed by atoms with Crippen molar-refractivity contribution < 1.29 is 33.8 Å². The first-order valence-electron chi connectivity index (χ1n) is 21.5. The van der Waals surface area contributed by atoms with Gasteiger partial charge in [-0.25, -0.2) is 19.6 Å². The Balaban J connectivity index is 0.000000181. The van der Waals surface area contributed by atoms with Gasteiger partial charge in [0, 0.05) is 116 Å². The van der Waals surface area contributed by atoms with Gasteiger partial charge in [-0.05, 0) is 95.6 Å². The standard InChI is InChI=1S/C23H32ClN3O3.C22H30ClN3O4/c1-22(2)17-28-23(30-29-22)9-14-27(15-10-23)13-5-3-4-11-25-20-8-12-26-21-16-18(24)6-7-19(20)21;1-21(2)16-28-22(30-29-21)6-10-26(11-7-22)12-14-27-13-9-25-19-5-8-24-20-15-17(23)3-4-18(19)20/h6-8,12,16H,3-5,9-11,13-15,17H2,1-2H3,(H,25,26);3-5,8,15H,6-7,9-14,16H2,1-2H3,(H,24,25). The van der Waals surface area contributed by atoms with Crippen molar-refractivity contribution >= 4 is 56.4 Å². The van der Waals surface area contributed by atoms with Gasteiger partial charge in [-0.15, -0.1) is 0 Å². The van der Waals surface area contributed by atoms with Gasteiger partial charge in [0.25, 0.3) is 0 Å². The minimum atomic E-state index is -0.575. The third-order valence-electron chi connectivity index (χ3n) is 11.4. The highest BCUT2D eigenvalue weighted by Gasteiger charge is 2.45. The molecule has 4 aliphatic rings. The second-order valence-electron chi connectivity index (χ2n) is 17.5. The number of pyridine rings is 2. The highest BCUT2D eigenvalue weighted by Crippen LogP contribution is 2.36. The zero-order valence-electron chi connectivity index (χ0n) is 35.6. The van der Waals surface area contributed by atoms with Crippen LogP contribution in [0, 0.1) is 0 Å². The van der Waals surface area contributed by atoms with Gasteiger partial charge in [0.1, 0.15) is 11.2 Å². The van der Waals surface area contributed by atoms with Crippen LogP contribution in [0.5, 0.6) is 0 Å². The van der Waals surface area contributed by atoms with Crippen LogP contribution >= 0.6 is 23.2 Å². The van der Waals surface area contributed by atoms with Crippen LogP contribution in [0.1, 0.15) is 72.6 Å². The van der Waals surface area contributed by atoms with Crippen LogP contribution in [-0.4, -0.2) is 121 Å². The van der Waals surface area contributed by atoms with Crippen molar-refractivity contribution in [2.75, 3.05) is 89.4 Å². The Morgan fingerprint density at radius 1 is 0.600 bits per heavy atom. The van der Waals surface area contributed by atoms with Crippen LogP contribution in [0.25, 0.3) is 21.8 Å². The van der Waals surface area contributed by atoms with E-state index in [2.05, 4.69) is 30.4 Å². The van der Waals surface area contributed by atoms with Gasteiger partial charge in [-0.1, -0.05) is 29.6 Å². The summed E-state index contributed by atoms with van der Waals surface area (Å²) < 4.78 is 17.8. The fraction of sp³-hybridized carbons (Fsp3) is 0.600. The topological polar surface area (TPSA) is 121 Å². The van der Waals surface area contributed by atoms with Crippen molar-refractivity contribution in [2.45, 2.75) is 95.4 Å². The molecule has 0 unspecified atom stereocenters. The molecule has 4 aromatic rings. The van der Waals surface area contributed by atoms with Crippen LogP contribution < -0.4 is 10.6 Å². The van der Waals surface area contributed by atoms with Gasteiger partial charge < -0.3 is 34.6 Å². The second kappa shape index (κ2) is 20.5. The Labute approximate surface area is 364 Å². The monoisotopic (exact) mass is 868 g/mol. The number of piperidine rings is 2. The number of ether oxygens (including phenoxy) is 3. The molecule has 2 aromatic carbocycles. The fourth-order valence-electron chi connectivity index (χ4n) is 7.74. The van der Waals surface area contributed by atoms with E-state index in [1.807, 2.05) is 82.4 Å². The maximum atomic E-state index is 6.07. The summed E-state index contributed by atoms with van der Waals surface area (Å²) in [5.41, 5.74) is 3.24. The molecule has 4 saturated heterocycles. The Morgan fingerprint density at radius 3 is 1.60 bits per heavy atom. The number of halogens is 2. The highest BCUT2D eigenvalue weighted by atomic mass is 35.5. The van der Waals surface area contributed by atoms with E-state index in [0.717, 1.165) is 118 Å². The van der Waals surface area contributed by atoms with E-state index >= 15 is 0 Å². The van der Waals surface area contributed by atoms with Crippen molar-refractivity contribution in [3.05, 3.63) is 71.0 Å². The number of hydrogen-bond acceptors (Lipinski definition) is 13. The van der Waals surface area contributed by atoms with E-state index in [-0.39, 0.29) is 11.2 Å². The molecule has 6 heterocycles. The molecule has 13 nitrogen and oxygen atoms in total. The first kappa shape index (κ1) is 45.1. The van der Waals surface area contributed by atoms with Crippen molar-refractivity contribution in [3.63, 3.8) is 0 Å². The molecule has 0 radical (unpaired) electrons. The average Bonchev–Trinajstić information content (AvgIpc) is 3.24.